The molecule has 1 aliphatic rings. The standard InChI is InChI=1S/C20H25N3O/c24-20(23-13-6-4-8-17-7-3-5-12-22-17)19-10-2-1-9-18(19)16-11-14-21-15-16/h1-3,5,7,9-10,12,16,21H,4,6,8,11,13-15H2,(H,23,24)/t16-/m0/s1. The van der Waals surface area contributed by atoms with E-state index in [0.717, 1.165) is 50.0 Å². The molecular formula is C20H25N3O. The summed E-state index contributed by atoms with van der Waals surface area (Å²) in [6, 6.07) is 14.0. The van der Waals surface area contributed by atoms with Crippen molar-refractivity contribution in [3.05, 3.63) is 65.5 Å². The lowest BCUT2D eigenvalue weighted by molar-refractivity contribution is 0.0951. The number of unbranched alkanes of at least 4 members (excludes halogenated alkanes) is 1. The van der Waals surface area contributed by atoms with Gasteiger partial charge in [0.1, 0.15) is 0 Å². The zero-order valence-electron chi connectivity index (χ0n) is 14.0. The van der Waals surface area contributed by atoms with Gasteiger partial charge in [0.15, 0.2) is 0 Å². The average Bonchev–Trinajstić information content (AvgIpc) is 3.17. The molecule has 4 heteroatoms. The number of nitrogens with zero attached hydrogens (tertiary/aromatic N) is 1. The summed E-state index contributed by atoms with van der Waals surface area (Å²) in [4.78, 5) is 16.8. The van der Waals surface area contributed by atoms with Gasteiger partial charge in [-0.05, 0) is 61.9 Å². The minimum Gasteiger partial charge on any atom is -0.352 e. The van der Waals surface area contributed by atoms with Crippen LogP contribution in [-0.2, 0) is 6.42 Å². The molecule has 1 fully saturated rings. The smallest absolute Gasteiger partial charge is 0.251 e. The van der Waals surface area contributed by atoms with Crippen LogP contribution in [0, 0.1) is 0 Å². The maximum Gasteiger partial charge on any atom is 0.251 e. The van der Waals surface area contributed by atoms with Gasteiger partial charge in [0.25, 0.3) is 5.91 Å². The molecular weight excluding hydrogens is 298 g/mol. The van der Waals surface area contributed by atoms with Crippen LogP contribution in [0.5, 0.6) is 0 Å². The van der Waals surface area contributed by atoms with Crippen molar-refractivity contribution < 1.29 is 4.79 Å². The molecule has 0 spiro atoms. The molecule has 1 aliphatic heterocycles. The van der Waals surface area contributed by atoms with Gasteiger partial charge < -0.3 is 10.6 Å². The Kier molecular flexibility index (Phi) is 5.96. The lowest BCUT2D eigenvalue weighted by Gasteiger charge is -2.14. The third kappa shape index (κ3) is 4.42. The van der Waals surface area contributed by atoms with Crippen LogP contribution in [0.4, 0.5) is 0 Å². The van der Waals surface area contributed by atoms with E-state index in [0.29, 0.717) is 12.5 Å². The van der Waals surface area contributed by atoms with Crippen LogP contribution >= 0.6 is 0 Å². The van der Waals surface area contributed by atoms with E-state index in [1.807, 2.05) is 42.6 Å². The molecule has 0 bridgehead atoms. The van der Waals surface area contributed by atoms with Gasteiger partial charge in [-0.1, -0.05) is 24.3 Å². The third-order valence-electron chi connectivity index (χ3n) is 4.58. The van der Waals surface area contributed by atoms with E-state index in [9.17, 15) is 4.79 Å². The molecule has 126 valence electrons. The van der Waals surface area contributed by atoms with Crippen molar-refractivity contribution in [3.63, 3.8) is 0 Å². The zero-order valence-corrected chi connectivity index (χ0v) is 14.0. The third-order valence-corrected chi connectivity index (χ3v) is 4.58. The summed E-state index contributed by atoms with van der Waals surface area (Å²) in [5.41, 5.74) is 3.12. The lowest BCUT2D eigenvalue weighted by atomic mass is 9.93. The maximum atomic E-state index is 12.5. The van der Waals surface area contributed by atoms with Crippen molar-refractivity contribution >= 4 is 5.91 Å². The molecule has 2 heterocycles. The molecule has 0 saturated carbocycles. The first kappa shape index (κ1) is 16.7. The number of aromatic nitrogens is 1. The maximum absolute atomic E-state index is 12.5. The molecule has 4 nitrogen and oxygen atoms in total. The first-order chi connectivity index (χ1) is 11.8. The Bertz CT molecular complexity index is 651. The Morgan fingerprint density at radius 3 is 2.83 bits per heavy atom. The molecule has 0 aliphatic carbocycles. The summed E-state index contributed by atoms with van der Waals surface area (Å²) in [5.74, 6) is 0.506. The Balaban J connectivity index is 1.47. The number of amides is 1. The number of benzene rings is 1. The fraction of sp³-hybridized carbons (Fsp3) is 0.400. The van der Waals surface area contributed by atoms with Gasteiger partial charge in [0.2, 0.25) is 0 Å². The molecule has 1 amide bonds. The van der Waals surface area contributed by atoms with Crippen molar-refractivity contribution in [2.24, 2.45) is 0 Å². The van der Waals surface area contributed by atoms with Gasteiger partial charge in [-0.25, -0.2) is 0 Å². The summed E-state index contributed by atoms with van der Waals surface area (Å²) in [7, 11) is 0. The van der Waals surface area contributed by atoms with Gasteiger partial charge in [-0.2, -0.15) is 0 Å². The number of rotatable bonds is 7. The average molecular weight is 323 g/mol. The van der Waals surface area contributed by atoms with Gasteiger partial charge in [-0.3, -0.25) is 9.78 Å². The Morgan fingerprint density at radius 2 is 2.04 bits per heavy atom. The van der Waals surface area contributed by atoms with E-state index in [1.165, 1.54) is 5.56 Å². The van der Waals surface area contributed by atoms with Crippen LogP contribution in [0.1, 0.15) is 46.8 Å². The van der Waals surface area contributed by atoms with Crippen molar-refractivity contribution in [2.75, 3.05) is 19.6 Å². The summed E-state index contributed by atoms with van der Waals surface area (Å²) in [5, 5.41) is 6.44. The largest absolute Gasteiger partial charge is 0.352 e. The number of aryl methyl sites for hydroxylation is 1. The molecule has 1 saturated heterocycles. The van der Waals surface area contributed by atoms with Gasteiger partial charge in [0.05, 0.1) is 0 Å². The number of hydrogen-bond donors (Lipinski definition) is 2. The molecule has 0 unspecified atom stereocenters. The summed E-state index contributed by atoms with van der Waals surface area (Å²) >= 11 is 0. The second-order valence-electron chi connectivity index (χ2n) is 6.31. The molecule has 1 aromatic heterocycles. The van der Waals surface area contributed by atoms with Crippen LogP contribution in [-0.4, -0.2) is 30.5 Å². The summed E-state index contributed by atoms with van der Waals surface area (Å²) < 4.78 is 0. The first-order valence-corrected chi connectivity index (χ1v) is 8.82. The summed E-state index contributed by atoms with van der Waals surface area (Å²) in [6.07, 6.45) is 5.89. The van der Waals surface area contributed by atoms with Crippen molar-refractivity contribution in [2.45, 2.75) is 31.6 Å². The number of hydrogen-bond acceptors (Lipinski definition) is 3. The van der Waals surface area contributed by atoms with Crippen molar-refractivity contribution in [1.29, 1.82) is 0 Å². The van der Waals surface area contributed by atoms with E-state index >= 15 is 0 Å². The van der Waals surface area contributed by atoms with E-state index in [2.05, 4.69) is 21.7 Å². The SMILES string of the molecule is O=C(NCCCCc1ccccn1)c1ccccc1[C@H]1CCNC1. The van der Waals surface area contributed by atoms with Crippen LogP contribution in [0.3, 0.4) is 0 Å². The van der Waals surface area contributed by atoms with Crippen LogP contribution in [0.2, 0.25) is 0 Å². The zero-order chi connectivity index (χ0) is 16.6. The highest BCUT2D eigenvalue weighted by Crippen LogP contribution is 2.25. The van der Waals surface area contributed by atoms with E-state index < -0.39 is 0 Å². The van der Waals surface area contributed by atoms with Gasteiger partial charge >= 0.3 is 0 Å². The highest BCUT2D eigenvalue weighted by Gasteiger charge is 2.21. The number of nitrogens with one attached hydrogen (secondary N) is 2. The minimum absolute atomic E-state index is 0.0512. The van der Waals surface area contributed by atoms with Crippen molar-refractivity contribution in [1.82, 2.24) is 15.6 Å². The van der Waals surface area contributed by atoms with Crippen LogP contribution < -0.4 is 10.6 Å². The molecule has 3 rings (SSSR count). The lowest BCUT2D eigenvalue weighted by Crippen LogP contribution is -2.26. The number of pyridine rings is 1. The highest BCUT2D eigenvalue weighted by molar-refractivity contribution is 5.95. The van der Waals surface area contributed by atoms with Gasteiger partial charge in [-0.15, -0.1) is 0 Å². The topological polar surface area (TPSA) is 54.0 Å². The molecule has 1 aromatic carbocycles. The number of carbonyl (C=O) groups is 1. The van der Waals surface area contributed by atoms with Crippen LogP contribution in [0.15, 0.2) is 48.7 Å². The second kappa shape index (κ2) is 8.60. The Morgan fingerprint density at radius 1 is 1.17 bits per heavy atom. The second-order valence-corrected chi connectivity index (χ2v) is 6.31. The monoisotopic (exact) mass is 323 g/mol. The number of carbonyl (C=O) groups excluding carboxylic acids is 1. The van der Waals surface area contributed by atoms with Crippen LogP contribution in [0.25, 0.3) is 0 Å². The molecule has 24 heavy (non-hydrogen) atoms. The molecule has 2 aromatic rings. The molecule has 0 radical (unpaired) electrons. The van der Waals surface area contributed by atoms with Crippen molar-refractivity contribution in [3.8, 4) is 0 Å². The Labute approximate surface area is 143 Å². The summed E-state index contributed by atoms with van der Waals surface area (Å²) in [6.45, 7) is 2.71. The molecule has 1 atom stereocenters. The van der Waals surface area contributed by atoms with E-state index in [-0.39, 0.29) is 5.91 Å². The minimum atomic E-state index is 0.0512. The molecule has 2 N–H and O–H groups in total. The predicted molar refractivity (Wildman–Crippen MR) is 96.2 cm³/mol. The van der Waals surface area contributed by atoms with E-state index in [1.54, 1.807) is 0 Å². The van der Waals surface area contributed by atoms with E-state index in [4.69, 9.17) is 0 Å². The Hall–Kier alpha value is -2.20. The fourth-order valence-electron chi connectivity index (χ4n) is 3.25. The highest BCUT2D eigenvalue weighted by atomic mass is 16.1. The van der Waals surface area contributed by atoms with Gasteiger partial charge in [0, 0.05) is 30.5 Å². The predicted octanol–water partition coefficient (Wildman–Crippen LogP) is 2.91. The first-order valence-electron chi connectivity index (χ1n) is 8.82. The normalized spacial score (nSPS) is 16.9. The fourth-order valence-corrected chi connectivity index (χ4v) is 3.25. The quantitative estimate of drug-likeness (QED) is 0.770.